The van der Waals surface area contributed by atoms with Crippen molar-refractivity contribution in [3.8, 4) is 5.75 Å². The Kier molecular flexibility index (Phi) is 6.25. The third kappa shape index (κ3) is 4.47. The van der Waals surface area contributed by atoms with Gasteiger partial charge in [-0.25, -0.2) is 13.1 Å². The highest BCUT2D eigenvalue weighted by molar-refractivity contribution is 7.89. The van der Waals surface area contributed by atoms with Gasteiger partial charge in [-0.3, -0.25) is 4.90 Å². The standard InChI is InChI=1S/C17H28N2O4S/c1-4-24(21,22)18-11-13-19-12-5-6-16(19)17(2,20)14-7-9-15(23-3)10-8-14/h7-10,16,18,20H,4-6,11-13H2,1-3H3. The average Bonchev–Trinajstić information content (AvgIpc) is 3.04. The van der Waals surface area contributed by atoms with Gasteiger partial charge in [0.25, 0.3) is 0 Å². The van der Waals surface area contributed by atoms with E-state index in [0.717, 1.165) is 30.7 Å². The van der Waals surface area contributed by atoms with Crippen molar-refractivity contribution in [2.45, 2.75) is 38.3 Å². The van der Waals surface area contributed by atoms with Crippen LogP contribution >= 0.6 is 0 Å². The number of aliphatic hydroxyl groups is 1. The van der Waals surface area contributed by atoms with E-state index in [2.05, 4.69) is 9.62 Å². The summed E-state index contributed by atoms with van der Waals surface area (Å²) in [5.41, 5.74) is -0.152. The lowest BCUT2D eigenvalue weighted by Gasteiger charge is -2.37. The molecule has 1 fully saturated rings. The topological polar surface area (TPSA) is 78.9 Å². The summed E-state index contributed by atoms with van der Waals surface area (Å²) >= 11 is 0. The molecule has 0 aromatic heterocycles. The van der Waals surface area contributed by atoms with Crippen LogP contribution in [0.15, 0.2) is 24.3 Å². The first-order chi connectivity index (χ1) is 11.3. The lowest BCUT2D eigenvalue weighted by Crippen LogP contribution is -2.48. The van der Waals surface area contributed by atoms with Gasteiger partial charge in [0.2, 0.25) is 10.0 Å². The van der Waals surface area contributed by atoms with Crippen LogP contribution < -0.4 is 9.46 Å². The molecule has 0 aliphatic carbocycles. The molecule has 2 unspecified atom stereocenters. The van der Waals surface area contributed by atoms with E-state index in [1.165, 1.54) is 0 Å². The molecule has 2 N–H and O–H groups in total. The molecule has 2 atom stereocenters. The Morgan fingerprint density at radius 3 is 2.62 bits per heavy atom. The molecule has 0 saturated carbocycles. The number of nitrogens with zero attached hydrogens (tertiary/aromatic N) is 1. The van der Waals surface area contributed by atoms with Crippen molar-refractivity contribution in [2.24, 2.45) is 0 Å². The molecule has 6 nitrogen and oxygen atoms in total. The first-order valence-corrected chi connectivity index (χ1v) is 10.0. The summed E-state index contributed by atoms with van der Waals surface area (Å²) in [6, 6.07) is 7.43. The van der Waals surface area contributed by atoms with Gasteiger partial charge in [-0.15, -0.1) is 0 Å². The monoisotopic (exact) mass is 356 g/mol. The fourth-order valence-electron chi connectivity index (χ4n) is 3.30. The summed E-state index contributed by atoms with van der Waals surface area (Å²) in [4.78, 5) is 2.17. The van der Waals surface area contributed by atoms with Crippen LogP contribution in [0.5, 0.6) is 5.75 Å². The lowest BCUT2D eigenvalue weighted by atomic mass is 9.86. The van der Waals surface area contributed by atoms with Crippen molar-refractivity contribution in [2.75, 3.05) is 32.5 Å². The second-order valence-corrected chi connectivity index (χ2v) is 8.46. The Morgan fingerprint density at radius 1 is 1.38 bits per heavy atom. The van der Waals surface area contributed by atoms with Gasteiger partial charge in [0.15, 0.2) is 0 Å². The van der Waals surface area contributed by atoms with E-state index in [1.54, 1.807) is 14.0 Å². The van der Waals surface area contributed by atoms with E-state index in [1.807, 2.05) is 31.2 Å². The van der Waals surface area contributed by atoms with Crippen LogP contribution in [0.3, 0.4) is 0 Å². The molecule has 0 spiro atoms. The minimum Gasteiger partial charge on any atom is -0.497 e. The molecule has 7 heteroatoms. The van der Waals surface area contributed by atoms with E-state index in [4.69, 9.17) is 4.74 Å². The number of sulfonamides is 1. The quantitative estimate of drug-likeness (QED) is 0.734. The molecule has 0 amide bonds. The van der Waals surface area contributed by atoms with E-state index < -0.39 is 15.6 Å². The highest BCUT2D eigenvalue weighted by atomic mass is 32.2. The molecule has 1 aliphatic heterocycles. The molecule has 1 saturated heterocycles. The maximum absolute atomic E-state index is 11.5. The number of benzene rings is 1. The van der Waals surface area contributed by atoms with Crippen molar-refractivity contribution in [1.29, 1.82) is 0 Å². The second-order valence-electron chi connectivity index (χ2n) is 6.37. The smallest absolute Gasteiger partial charge is 0.211 e. The van der Waals surface area contributed by atoms with Crippen LogP contribution in [0.25, 0.3) is 0 Å². The Hall–Kier alpha value is -1.15. The molecular weight excluding hydrogens is 328 g/mol. The number of hydrogen-bond acceptors (Lipinski definition) is 5. The minimum atomic E-state index is -3.18. The Bertz CT molecular complexity index is 628. The average molecular weight is 356 g/mol. The van der Waals surface area contributed by atoms with Gasteiger partial charge < -0.3 is 9.84 Å². The zero-order chi connectivity index (χ0) is 17.8. The van der Waals surface area contributed by atoms with Gasteiger partial charge in [0, 0.05) is 19.1 Å². The highest BCUT2D eigenvalue weighted by Crippen LogP contribution is 2.35. The summed E-state index contributed by atoms with van der Waals surface area (Å²) < 4.78 is 30.8. The van der Waals surface area contributed by atoms with E-state index in [0.29, 0.717) is 13.1 Å². The highest BCUT2D eigenvalue weighted by Gasteiger charge is 2.40. The Balaban J connectivity index is 2.04. The number of hydrogen-bond donors (Lipinski definition) is 2. The van der Waals surface area contributed by atoms with Crippen LogP contribution in [-0.4, -0.2) is 57.0 Å². The number of methoxy groups -OCH3 is 1. The number of likely N-dealkylation sites (tertiary alicyclic amines) is 1. The maximum Gasteiger partial charge on any atom is 0.211 e. The summed E-state index contributed by atoms with van der Waals surface area (Å²) in [5, 5.41) is 11.1. The van der Waals surface area contributed by atoms with Gasteiger partial charge in [-0.1, -0.05) is 12.1 Å². The summed E-state index contributed by atoms with van der Waals surface area (Å²) in [6.07, 6.45) is 1.89. The van der Waals surface area contributed by atoms with Crippen LogP contribution in [0.4, 0.5) is 0 Å². The molecule has 136 valence electrons. The number of rotatable bonds is 8. The third-order valence-electron chi connectivity index (χ3n) is 4.79. The predicted octanol–water partition coefficient (Wildman–Crippen LogP) is 1.31. The van der Waals surface area contributed by atoms with Crippen molar-refractivity contribution in [3.63, 3.8) is 0 Å². The Labute approximate surface area is 144 Å². The van der Waals surface area contributed by atoms with E-state index in [9.17, 15) is 13.5 Å². The van der Waals surface area contributed by atoms with Crippen molar-refractivity contribution in [3.05, 3.63) is 29.8 Å². The lowest BCUT2D eigenvalue weighted by molar-refractivity contribution is -0.0222. The summed E-state index contributed by atoms with van der Waals surface area (Å²) in [7, 11) is -1.56. The van der Waals surface area contributed by atoms with Crippen molar-refractivity contribution >= 4 is 10.0 Å². The number of nitrogens with one attached hydrogen (secondary N) is 1. The van der Waals surface area contributed by atoms with Gasteiger partial charge in [0.1, 0.15) is 11.4 Å². The minimum absolute atomic E-state index is 0.0305. The Morgan fingerprint density at radius 2 is 2.04 bits per heavy atom. The van der Waals surface area contributed by atoms with Crippen molar-refractivity contribution in [1.82, 2.24) is 9.62 Å². The fourth-order valence-corrected chi connectivity index (χ4v) is 3.90. The second kappa shape index (κ2) is 7.82. The van der Waals surface area contributed by atoms with Gasteiger partial charge in [-0.2, -0.15) is 0 Å². The summed E-state index contributed by atoms with van der Waals surface area (Å²) in [6.45, 7) is 5.27. The van der Waals surface area contributed by atoms with Gasteiger partial charge in [0.05, 0.1) is 12.9 Å². The van der Waals surface area contributed by atoms with Crippen LogP contribution in [-0.2, 0) is 15.6 Å². The van der Waals surface area contributed by atoms with Gasteiger partial charge in [-0.05, 0) is 50.9 Å². The molecule has 0 bridgehead atoms. The van der Waals surface area contributed by atoms with E-state index in [-0.39, 0.29) is 11.8 Å². The zero-order valence-electron chi connectivity index (χ0n) is 14.7. The molecule has 1 aliphatic rings. The molecule has 0 radical (unpaired) electrons. The van der Waals surface area contributed by atoms with Crippen LogP contribution in [0, 0.1) is 0 Å². The largest absolute Gasteiger partial charge is 0.497 e. The molecule has 1 aromatic carbocycles. The fraction of sp³-hybridized carbons (Fsp3) is 0.647. The SMILES string of the molecule is CCS(=O)(=O)NCCN1CCCC1C(C)(O)c1ccc(OC)cc1. The number of ether oxygens (including phenoxy) is 1. The third-order valence-corrected chi connectivity index (χ3v) is 6.19. The molecule has 1 heterocycles. The van der Waals surface area contributed by atoms with Crippen molar-refractivity contribution < 1.29 is 18.3 Å². The van der Waals surface area contributed by atoms with E-state index >= 15 is 0 Å². The first kappa shape index (κ1) is 19.2. The van der Waals surface area contributed by atoms with Crippen LogP contribution in [0.1, 0.15) is 32.3 Å². The zero-order valence-corrected chi connectivity index (χ0v) is 15.5. The molecule has 2 rings (SSSR count). The first-order valence-electron chi connectivity index (χ1n) is 8.38. The normalized spacial score (nSPS) is 21.6. The molecule has 1 aromatic rings. The van der Waals surface area contributed by atoms with Crippen LogP contribution in [0.2, 0.25) is 0 Å². The summed E-state index contributed by atoms with van der Waals surface area (Å²) in [5.74, 6) is 0.840. The van der Waals surface area contributed by atoms with Gasteiger partial charge >= 0.3 is 0 Å². The maximum atomic E-state index is 11.5. The molecule has 24 heavy (non-hydrogen) atoms. The predicted molar refractivity (Wildman–Crippen MR) is 94.6 cm³/mol. The molecular formula is C17H28N2O4S.